The first-order valence-electron chi connectivity index (χ1n) is 7.74. The standard InChI is InChI=1S/C17H29N3O/c1-14(2)21-12-8-11-19-17(18-4)20-13-15(3)16-9-6-5-7-10-16/h5-7,9-10,14-15H,8,11-13H2,1-4H3,(H2,18,19,20). The van der Waals surface area contributed by atoms with Gasteiger partial charge < -0.3 is 15.4 Å². The molecule has 2 N–H and O–H groups in total. The summed E-state index contributed by atoms with van der Waals surface area (Å²) in [6.07, 6.45) is 1.28. The summed E-state index contributed by atoms with van der Waals surface area (Å²) in [7, 11) is 1.80. The second-order valence-electron chi connectivity index (χ2n) is 5.46. The second-order valence-corrected chi connectivity index (χ2v) is 5.46. The van der Waals surface area contributed by atoms with Gasteiger partial charge in [0, 0.05) is 26.7 Å². The predicted octanol–water partition coefficient (Wildman–Crippen LogP) is 2.77. The molecule has 0 aliphatic carbocycles. The average molecular weight is 291 g/mol. The topological polar surface area (TPSA) is 45.7 Å². The molecule has 21 heavy (non-hydrogen) atoms. The van der Waals surface area contributed by atoms with E-state index in [4.69, 9.17) is 4.74 Å². The van der Waals surface area contributed by atoms with E-state index >= 15 is 0 Å². The minimum absolute atomic E-state index is 0.300. The highest BCUT2D eigenvalue weighted by Crippen LogP contribution is 2.12. The number of aliphatic imine (C=N–C) groups is 1. The van der Waals surface area contributed by atoms with E-state index in [1.54, 1.807) is 7.05 Å². The lowest BCUT2D eigenvalue weighted by atomic mass is 10.0. The molecule has 1 unspecified atom stereocenters. The molecule has 0 amide bonds. The fourth-order valence-electron chi connectivity index (χ4n) is 1.97. The van der Waals surface area contributed by atoms with Crippen molar-refractivity contribution in [3.8, 4) is 0 Å². The van der Waals surface area contributed by atoms with Crippen molar-refractivity contribution in [1.82, 2.24) is 10.6 Å². The zero-order valence-corrected chi connectivity index (χ0v) is 13.7. The number of nitrogens with zero attached hydrogens (tertiary/aromatic N) is 1. The zero-order chi connectivity index (χ0) is 15.5. The van der Waals surface area contributed by atoms with Crippen molar-refractivity contribution in [2.24, 2.45) is 4.99 Å². The molecule has 0 spiro atoms. The maximum atomic E-state index is 5.51. The van der Waals surface area contributed by atoms with E-state index in [9.17, 15) is 0 Å². The number of rotatable bonds is 8. The minimum atomic E-state index is 0.300. The molecule has 0 fully saturated rings. The smallest absolute Gasteiger partial charge is 0.190 e. The summed E-state index contributed by atoms with van der Waals surface area (Å²) < 4.78 is 5.51. The fraction of sp³-hybridized carbons (Fsp3) is 0.588. The Morgan fingerprint density at radius 2 is 1.86 bits per heavy atom. The van der Waals surface area contributed by atoms with Crippen LogP contribution in [0.2, 0.25) is 0 Å². The molecule has 0 bridgehead atoms. The first-order chi connectivity index (χ1) is 10.1. The van der Waals surface area contributed by atoms with Gasteiger partial charge in [0.2, 0.25) is 0 Å². The van der Waals surface area contributed by atoms with Crippen LogP contribution in [0.3, 0.4) is 0 Å². The first kappa shape index (κ1) is 17.5. The van der Waals surface area contributed by atoms with Gasteiger partial charge in [0.15, 0.2) is 5.96 Å². The summed E-state index contributed by atoms with van der Waals surface area (Å²) in [6.45, 7) is 8.84. The molecule has 4 heteroatoms. The van der Waals surface area contributed by atoms with Gasteiger partial charge in [0.25, 0.3) is 0 Å². The Morgan fingerprint density at radius 1 is 1.14 bits per heavy atom. The molecule has 1 aromatic rings. The fourth-order valence-corrected chi connectivity index (χ4v) is 1.97. The van der Waals surface area contributed by atoms with Gasteiger partial charge in [-0.25, -0.2) is 0 Å². The first-order valence-corrected chi connectivity index (χ1v) is 7.74. The Balaban J connectivity index is 2.22. The van der Waals surface area contributed by atoms with Crippen LogP contribution in [0.25, 0.3) is 0 Å². The van der Waals surface area contributed by atoms with Gasteiger partial charge in [-0.2, -0.15) is 0 Å². The van der Waals surface area contributed by atoms with Crippen LogP contribution in [0.4, 0.5) is 0 Å². The summed E-state index contributed by atoms with van der Waals surface area (Å²) in [6, 6.07) is 10.5. The van der Waals surface area contributed by atoms with E-state index in [-0.39, 0.29) is 0 Å². The molecule has 0 radical (unpaired) electrons. The van der Waals surface area contributed by atoms with E-state index in [0.29, 0.717) is 12.0 Å². The Bertz CT molecular complexity index is 404. The molecule has 0 saturated heterocycles. The van der Waals surface area contributed by atoms with Gasteiger partial charge in [-0.3, -0.25) is 4.99 Å². The highest BCUT2D eigenvalue weighted by atomic mass is 16.5. The third kappa shape index (κ3) is 7.71. The number of hydrogen-bond donors (Lipinski definition) is 2. The lowest BCUT2D eigenvalue weighted by Crippen LogP contribution is -2.39. The van der Waals surface area contributed by atoms with E-state index in [1.165, 1.54) is 5.56 Å². The molecule has 0 heterocycles. The molecule has 4 nitrogen and oxygen atoms in total. The second kappa shape index (κ2) is 10.2. The lowest BCUT2D eigenvalue weighted by Gasteiger charge is -2.16. The van der Waals surface area contributed by atoms with Gasteiger partial charge >= 0.3 is 0 Å². The minimum Gasteiger partial charge on any atom is -0.379 e. The van der Waals surface area contributed by atoms with Crippen LogP contribution in [0.1, 0.15) is 38.7 Å². The largest absolute Gasteiger partial charge is 0.379 e. The third-order valence-corrected chi connectivity index (χ3v) is 3.23. The van der Waals surface area contributed by atoms with Gasteiger partial charge in [-0.05, 0) is 31.7 Å². The summed E-state index contributed by atoms with van der Waals surface area (Å²) in [5, 5.41) is 6.67. The van der Waals surface area contributed by atoms with E-state index in [1.807, 2.05) is 6.07 Å². The predicted molar refractivity (Wildman–Crippen MR) is 89.9 cm³/mol. The molecule has 0 aromatic heterocycles. The number of ether oxygens (including phenoxy) is 1. The number of guanidine groups is 1. The molecule has 1 atom stereocenters. The highest BCUT2D eigenvalue weighted by molar-refractivity contribution is 5.79. The van der Waals surface area contributed by atoms with Crippen molar-refractivity contribution in [3.63, 3.8) is 0 Å². The van der Waals surface area contributed by atoms with Gasteiger partial charge in [0.05, 0.1) is 6.10 Å². The number of nitrogens with one attached hydrogen (secondary N) is 2. The molecule has 0 saturated carbocycles. The van der Waals surface area contributed by atoms with Crippen LogP contribution >= 0.6 is 0 Å². The quantitative estimate of drug-likeness (QED) is 0.440. The third-order valence-electron chi connectivity index (χ3n) is 3.23. The van der Waals surface area contributed by atoms with E-state index < -0.39 is 0 Å². The Kier molecular flexibility index (Phi) is 8.51. The molecule has 1 aromatic carbocycles. The van der Waals surface area contributed by atoms with Crippen LogP contribution in [0.5, 0.6) is 0 Å². The number of benzene rings is 1. The molecular weight excluding hydrogens is 262 g/mol. The maximum absolute atomic E-state index is 5.51. The Morgan fingerprint density at radius 3 is 2.48 bits per heavy atom. The van der Waals surface area contributed by atoms with Gasteiger partial charge in [-0.1, -0.05) is 37.3 Å². The van der Waals surface area contributed by atoms with Gasteiger partial charge in [0.1, 0.15) is 0 Å². The average Bonchev–Trinajstić information content (AvgIpc) is 2.50. The summed E-state index contributed by atoms with van der Waals surface area (Å²) in [4.78, 5) is 4.24. The summed E-state index contributed by atoms with van der Waals surface area (Å²) in [5.74, 6) is 1.30. The van der Waals surface area contributed by atoms with Crippen LogP contribution in [-0.2, 0) is 4.74 Å². The maximum Gasteiger partial charge on any atom is 0.190 e. The molecule has 1 rings (SSSR count). The molecular formula is C17H29N3O. The van der Waals surface area contributed by atoms with E-state index in [2.05, 4.69) is 60.7 Å². The van der Waals surface area contributed by atoms with Gasteiger partial charge in [-0.15, -0.1) is 0 Å². The van der Waals surface area contributed by atoms with E-state index in [0.717, 1.165) is 32.1 Å². The van der Waals surface area contributed by atoms with Crippen LogP contribution in [0.15, 0.2) is 35.3 Å². The van der Waals surface area contributed by atoms with Crippen molar-refractivity contribution >= 4 is 5.96 Å². The van der Waals surface area contributed by atoms with Crippen molar-refractivity contribution in [2.75, 3.05) is 26.7 Å². The van der Waals surface area contributed by atoms with Crippen LogP contribution in [-0.4, -0.2) is 38.8 Å². The summed E-state index contributed by atoms with van der Waals surface area (Å²) >= 11 is 0. The lowest BCUT2D eigenvalue weighted by molar-refractivity contribution is 0.0776. The Labute approximate surface area is 129 Å². The van der Waals surface area contributed by atoms with Crippen molar-refractivity contribution in [2.45, 2.75) is 39.2 Å². The zero-order valence-electron chi connectivity index (χ0n) is 13.7. The van der Waals surface area contributed by atoms with Crippen LogP contribution < -0.4 is 10.6 Å². The van der Waals surface area contributed by atoms with Crippen molar-refractivity contribution < 1.29 is 4.74 Å². The van der Waals surface area contributed by atoms with Crippen LogP contribution in [0, 0.1) is 0 Å². The molecule has 118 valence electrons. The monoisotopic (exact) mass is 291 g/mol. The Hall–Kier alpha value is -1.55. The summed E-state index contributed by atoms with van der Waals surface area (Å²) in [5.41, 5.74) is 1.34. The SMILES string of the molecule is CN=C(NCCCOC(C)C)NCC(C)c1ccccc1. The normalized spacial score (nSPS) is 13.3. The van der Waals surface area contributed by atoms with Crippen molar-refractivity contribution in [3.05, 3.63) is 35.9 Å². The molecule has 0 aliphatic heterocycles. The number of hydrogen-bond acceptors (Lipinski definition) is 2. The van der Waals surface area contributed by atoms with Crippen molar-refractivity contribution in [1.29, 1.82) is 0 Å². The highest BCUT2D eigenvalue weighted by Gasteiger charge is 2.05. The molecule has 0 aliphatic rings.